The lowest BCUT2D eigenvalue weighted by atomic mass is 9.97. The highest BCUT2D eigenvalue weighted by Crippen LogP contribution is 2.35. The molecule has 180 valence electrons. The largest absolute Gasteiger partial charge is 0.368 e. The van der Waals surface area contributed by atoms with Crippen LogP contribution in [0.1, 0.15) is 24.0 Å². The first kappa shape index (κ1) is 24.1. The topological polar surface area (TPSA) is 124 Å². The summed E-state index contributed by atoms with van der Waals surface area (Å²) in [5, 5.41) is 0. The maximum atomic E-state index is 14.2. The van der Waals surface area contributed by atoms with E-state index < -0.39 is 26.6 Å². The minimum atomic E-state index is -4.36. The molecule has 1 aromatic carbocycles. The van der Waals surface area contributed by atoms with Crippen molar-refractivity contribution in [2.45, 2.75) is 32.1 Å². The van der Waals surface area contributed by atoms with Gasteiger partial charge in [0.15, 0.2) is 0 Å². The summed E-state index contributed by atoms with van der Waals surface area (Å²) < 4.78 is 55.6. The Bertz CT molecular complexity index is 1540. The average Bonchev–Trinajstić information content (AvgIpc) is 2.79. The van der Waals surface area contributed by atoms with Gasteiger partial charge >= 0.3 is 0 Å². The van der Waals surface area contributed by atoms with Crippen molar-refractivity contribution in [3.8, 4) is 22.4 Å². The normalized spacial score (nSPS) is 11.5. The van der Waals surface area contributed by atoms with Gasteiger partial charge in [0, 0.05) is 40.8 Å². The van der Waals surface area contributed by atoms with Crippen LogP contribution in [0.4, 0.5) is 20.4 Å². The fraction of sp³-hybridized carbons (Fsp3) is 0.167. The molecule has 0 spiro atoms. The molecule has 0 saturated heterocycles. The SMILES string of the molecule is CCc1nc(N)nc(-c2ccnc(C)c2)c1-c1cnc(C)c(NS(=O)(=O)c2ccc(F)cc2F)c1. The summed E-state index contributed by atoms with van der Waals surface area (Å²) in [5.41, 5.74) is 10.4. The highest BCUT2D eigenvalue weighted by molar-refractivity contribution is 7.92. The molecule has 0 fully saturated rings. The van der Waals surface area contributed by atoms with Crippen LogP contribution in [0.5, 0.6) is 0 Å². The monoisotopic (exact) mass is 496 g/mol. The molecule has 3 heterocycles. The van der Waals surface area contributed by atoms with Crippen LogP contribution in [0.15, 0.2) is 53.7 Å². The number of halogens is 2. The molecule has 0 saturated carbocycles. The standard InChI is InChI=1S/C24H22F2N6O2S/c1-4-19-22(23(31-24(27)30-19)15-7-8-28-13(2)9-15)16-10-20(14(3)29-12-16)32-35(33,34)21-6-5-17(25)11-18(21)26/h5-12,32H,4H2,1-3H3,(H2,27,30,31). The highest BCUT2D eigenvalue weighted by Gasteiger charge is 2.23. The van der Waals surface area contributed by atoms with Gasteiger partial charge < -0.3 is 5.73 Å². The zero-order valence-corrected chi connectivity index (χ0v) is 20.0. The predicted molar refractivity (Wildman–Crippen MR) is 129 cm³/mol. The molecule has 0 aliphatic carbocycles. The van der Waals surface area contributed by atoms with E-state index in [1.807, 2.05) is 19.9 Å². The van der Waals surface area contributed by atoms with E-state index >= 15 is 0 Å². The Balaban J connectivity index is 1.86. The van der Waals surface area contributed by atoms with Crippen molar-refractivity contribution >= 4 is 21.7 Å². The molecule has 0 aliphatic heterocycles. The van der Waals surface area contributed by atoms with E-state index in [-0.39, 0.29) is 11.6 Å². The average molecular weight is 497 g/mol. The fourth-order valence-electron chi connectivity index (χ4n) is 3.65. The molecule has 0 aliphatic rings. The molecule has 0 amide bonds. The molecule has 0 bridgehead atoms. The predicted octanol–water partition coefficient (Wildman–Crippen LogP) is 4.44. The minimum absolute atomic E-state index is 0.0999. The zero-order chi connectivity index (χ0) is 25.3. The molecule has 4 rings (SSSR count). The molecule has 8 nitrogen and oxygen atoms in total. The Labute approximate surface area is 201 Å². The second-order valence-electron chi connectivity index (χ2n) is 7.83. The van der Waals surface area contributed by atoms with Crippen LogP contribution in [-0.4, -0.2) is 28.4 Å². The van der Waals surface area contributed by atoms with Crippen LogP contribution in [-0.2, 0) is 16.4 Å². The molecule has 0 unspecified atom stereocenters. The number of benzene rings is 1. The quantitative estimate of drug-likeness (QED) is 0.404. The third kappa shape index (κ3) is 4.94. The molecule has 0 atom stereocenters. The van der Waals surface area contributed by atoms with Crippen LogP contribution < -0.4 is 10.5 Å². The molecule has 35 heavy (non-hydrogen) atoms. The third-order valence-electron chi connectivity index (χ3n) is 5.31. The van der Waals surface area contributed by atoms with Crippen molar-refractivity contribution in [2.75, 3.05) is 10.5 Å². The van der Waals surface area contributed by atoms with Crippen molar-refractivity contribution in [1.29, 1.82) is 0 Å². The number of anilines is 2. The van der Waals surface area contributed by atoms with E-state index in [1.54, 1.807) is 31.5 Å². The van der Waals surface area contributed by atoms with Gasteiger partial charge in [-0.2, -0.15) is 0 Å². The summed E-state index contributed by atoms with van der Waals surface area (Å²) in [6.07, 6.45) is 3.76. The first-order valence-corrected chi connectivity index (χ1v) is 12.1. The van der Waals surface area contributed by atoms with E-state index in [4.69, 9.17) is 5.73 Å². The summed E-state index contributed by atoms with van der Waals surface area (Å²) in [6.45, 7) is 5.37. The molecule has 3 N–H and O–H groups in total. The molecular weight excluding hydrogens is 474 g/mol. The van der Waals surface area contributed by atoms with Gasteiger partial charge in [-0.15, -0.1) is 0 Å². The summed E-state index contributed by atoms with van der Waals surface area (Å²) in [4.78, 5) is 16.7. The number of pyridine rings is 2. The van der Waals surface area contributed by atoms with Crippen LogP contribution >= 0.6 is 0 Å². The number of nitrogens with zero attached hydrogens (tertiary/aromatic N) is 4. The summed E-state index contributed by atoms with van der Waals surface area (Å²) in [7, 11) is -4.36. The van der Waals surface area contributed by atoms with Crippen molar-refractivity contribution < 1.29 is 17.2 Å². The molecule has 11 heteroatoms. The van der Waals surface area contributed by atoms with E-state index in [9.17, 15) is 17.2 Å². The number of hydrogen-bond acceptors (Lipinski definition) is 7. The lowest BCUT2D eigenvalue weighted by molar-refractivity contribution is 0.551. The van der Waals surface area contributed by atoms with Gasteiger partial charge in [0.25, 0.3) is 10.0 Å². The van der Waals surface area contributed by atoms with Crippen molar-refractivity contribution in [1.82, 2.24) is 19.9 Å². The molecule has 4 aromatic rings. The highest BCUT2D eigenvalue weighted by atomic mass is 32.2. The lowest BCUT2D eigenvalue weighted by Crippen LogP contribution is -2.16. The van der Waals surface area contributed by atoms with E-state index in [0.29, 0.717) is 40.7 Å². The number of rotatable bonds is 6. The Morgan fingerprint density at radius 2 is 1.77 bits per heavy atom. The number of nitrogen functional groups attached to an aromatic ring is 1. The smallest absolute Gasteiger partial charge is 0.264 e. The second-order valence-corrected chi connectivity index (χ2v) is 9.48. The van der Waals surface area contributed by atoms with E-state index in [0.717, 1.165) is 23.4 Å². The number of sulfonamides is 1. The lowest BCUT2D eigenvalue weighted by Gasteiger charge is -2.16. The van der Waals surface area contributed by atoms with E-state index in [1.165, 1.54) is 0 Å². The Kier molecular flexibility index (Phi) is 6.44. The fourth-order valence-corrected chi connectivity index (χ4v) is 4.82. The molecule has 0 radical (unpaired) electrons. The first-order chi connectivity index (χ1) is 16.6. The van der Waals surface area contributed by atoms with Gasteiger partial charge in [-0.3, -0.25) is 14.7 Å². The van der Waals surface area contributed by atoms with Crippen LogP contribution in [0, 0.1) is 25.5 Å². The number of nitrogens with two attached hydrogens (primary N) is 1. The first-order valence-electron chi connectivity index (χ1n) is 10.6. The van der Waals surface area contributed by atoms with Crippen LogP contribution in [0.2, 0.25) is 0 Å². The maximum Gasteiger partial charge on any atom is 0.264 e. The summed E-state index contributed by atoms with van der Waals surface area (Å²) in [6, 6.07) is 7.48. The van der Waals surface area contributed by atoms with Gasteiger partial charge in [0.1, 0.15) is 16.5 Å². The van der Waals surface area contributed by atoms with Crippen molar-refractivity contribution in [3.63, 3.8) is 0 Å². The Morgan fingerprint density at radius 1 is 1.00 bits per heavy atom. The van der Waals surface area contributed by atoms with E-state index in [2.05, 4.69) is 24.7 Å². The van der Waals surface area contributed by atoms with Gasteiger partial charge in [0.05, 0.1) is 22.8 Å². The van der Waals surface area contributed by atoms with Crippen LogP contribution in [0.3, 0.4) is 0 Å². The molecular formula is C24H22F2N6O2S. The number of hydrogen-bond donors (Lipinski definition) is 2. The zero-order valence-electron chi connectivity index (χ0n) is 19.2. The summed E-state index contributed by atoms with van der Waals surface area (Å²) in [5.74, 6) is -1.98. The van der Waals surface area contributed by atoms with Crippen molar-refractivity contribution in [3.05, 3.63) is 77.5 Å². The Hall–Kier alpha value is -3.99. The third-order valence-corrected chi connectivity index (χ3v) is 6.71. The van der Waals surface area contributed by atoms with Gasteiger partial charge in [-0.05, 0) is 50.6 Å². The van der Waals surface area contributed by atoms with Gasteiger partial charge in [-0.25, -0.2) is 27.2 Å². The number of nitrogens with one attached hydrogen (secondary N) is 1. The van der Waals surface area contributed by atoms with Gasteiger partial charge in [0.2, 0.25) is 5.95 Å². The minimum Gasteiger partial charge on any atom is -0.368 e. The Morgan fingerprint density at radius 3 is 2.46 bits per heavy atom. The second kappa shape index (κ2) is 9.34. The summed E-state index contributed by atoms with van der Waals surface area (Å²) >= 11 is 0. The van der Waals surface area contributed by atoms with Crippen molar-refractivity contribution in [2.24, 2.45) is 0 Å². The maximum absolute atomic E-state index is 14.2. The molecule has 3 aromatic heterocycles. The number of aryl methyl sites for hydroxylation is 3. The van der Waals surface area contributed by atoms with Crippen LogP contribution in [0.25, 0.3) is 22.4 Å². The number of aromatic nitrogens is 4. The van der Waals surface area contributed by atoms with Gasteiger partial charge in [-0.1, -0.05) is 6.92 Å².